The van der Waals surface area contributed by atoms with Crippen LogP contribution in [0.4, 0.5) is 0 Å². The van der Waals surface area contributed by atoms with Crippen LogP contribution in [0.25, 0.3) is 0 Å². The summed E-state index contributed by atoms with van der Waals surface area (Å²) < 4.78 is 0. The van der Waals surface area contributed by atoms with Crippen LogP contribution in [0, 0.1) is 0 Å². The molecule has 6 N–H and O–H groups in total. The van der Waals surface area contributed by atoms with Gasteiger partial charge in [-0.15, -0.1) is 0 Å². The lowest BCUT2D eigenvalue weighted by molar-refractivity contribution is 0.922. The molecule has 0 aromatic carbocycles. The Hall–Kier alpha value is -0.420. The van der Waals surface area contributed by atoms with Gasteiger partial charge < -0.3 is 17.2 Å². The minimum atomic E-state index is 0.182. The van der Waals surface area contributed by atoms with Gasteiger partial charge >= 0.3 is 0 Å². The highest BCUT2D eigenvalue weighted by Gasteiger charge is 1.88. The van der Waals surface area contributed by atoms with E-state index in [1.165, 1.54) is 0 Å². The van der Waals surface area contributed by atoms with Crippen molar-refractivity contribution in [1.29, 1.82) is 0 Å². The van der Waals surface area contributed by atoms with Crippen molar-refractivity contribution < 1.29 is 0 Å². The number of nitrogens with zero attached hydrogens (tertiary/aromatic N) is 1. The van der Waals surface area contributed by atoms with E-state index in [2.05, 4.69) is 4.99 Å². The van der Waals surface area contributed by atoms with E-state index in [1.807, 2.05) is 11.8 Å². The van der Waals surface area contributed by atoms with Crippen LogP contribution >= 0.6 is 11.8 Å². The predicted octanol–water partition coefficient (Wildman–Crippen LogP) is -0.268. The lowest BCUT2D eigenvalue weighted by Crippen LogP contribution is -2.23. The molecule has 0 fully saturated rings. The Morgan fingerprint density at radius 3 is 2.42 bits per heavy atom. The fourth-order valence-corrected chi connectivity index (χ4v) is 1.57. The Morgan fingerprint density at radius 2 is 1.83 bits per heavy atom. The van der Waals surface area contributed by atoms with Crippen LogP contribution in [0.3, 0.4) is 0 Å². The third kappa shape index (κ3) is 9.58. The second-order valence-corrected chi connectivity index (χ2v) is 3.64. The summed E-state index contributed by atoms with van der Waals surface area (Å²) in [5, 5.41) is 0. The lowest BCUT2D eigenvalue weighted by atomic mass is 10.5. The number of hydrogen-bond donors (Lipinski definition) is 3. The summed E-state index contributed by atoms with van der Waals surface area (Å²) in [4.78, 5) is 3.88. The SMILES string of the molecule is NCCCSCCCN=C(N)N. The lowest BCUT2D eigenvalue weighted by Gasteiger charge is -1.98. The summed E-state index contributed by atoms with van der Waals surface area (Å²) in [7, 11) is 0. The molecule has 0 spiro atoms. The third-order valence-corrected chi connectivity index (χ3v) is 2.39. The van der Waals surface area contributed by atoms with Crippen LogP contribution in [0.15, 0.2) is 4.99 Å². The van der Waals surface area contributed by atoms with Crippen molar-refractivity contribution in [3.63, 3.8) is 0 Å². The van der Waals surface area contributed by atoms with Gasteiger partial charge in [-0.3, -0.25) is 4.99 Å². The zero-order valence-electron chi connectivity index (χ0n) is 7.33. The first kappa shape index (κ1) is 11.6. The quantitative estimate of drug-likeness (QED) is 0.293. The molecule has 5 heteroatoms. The van der Waals surface area contributed by atoms with Crippen molar-refractivity contribution in [2.75, 3.05) is 24.6 Å². The molecule has 0 heterocycles. The smallest absolute Gasteiger partial charge is 0.185 e. The van der Waals surface area contributed by atoms with Crippen molar-refractivity contribution in [3.05, 3.63) is 0 Å². The molecule has 0 rings (SSSR count). The number of rotatable bonds is 7. The Kier molecular flexibility index (Phi) is 8.37. The molecule has 0 saturated carbocycles. The summed E-state index contributed by atoms with van der Waals surface area (Å²) in [5.41, 5.74) is 15.7. The largest absolute Gasteiger partial charge is 0.370 e. The van der Waals surface area contributed by atoms with Crippen molar-refractivity contribution in [3.8, 4) is 0 Å². The molecule has 0 aromatic heterocycles. The minimum Gasteiger partial charge on any atom is -0.370 e. The zero-order valence-corrected chi connectivity index (χ0v) is 8.15. The first-order chi connectivity index (χ1) is 5.77. The van der Waals surface area contributed by atoms with Gasteiger partial charge in [0.25, 0.3) is 0 Å². The standard InChI is InChI=1S/C7H18N4S/c8-3-1-5-12-6-2-4-11-7(9)10/h1-6,8H2,(H4,9,10,11). The molecule has 4 nitrogen and oxygen atoms in total. The third-order valence-electron chi connectivity index (χ3n) is 1.23. The Labute approximate surface area is 78.0 Å². The minimum absolute atomic E-state index is 0.182. The zero-order chi connectivity index (χ0) is 9.23. The number of hydrogen-bond acceptors (Lipinski definition) is 3. The Balaban J connectivity index is 2.96. The van der Waals surface area contributed by atoms with Gasteiger partial charge in [0.1, 0.15) is 0 Å². The van der Waals surface area contributed by atoms with Crippen LogP contribution < -0.4 is 17.2 Å². The van der Waals surface area contributed by atoms with E-state index in [1.54, 1.807) is 0 Å². The first-order valence-corrected chi connectivity index (χ1v) is 5.26. The summed E-state index contributed by atoms with van der Waals surface area (Å²) in [6, 6.07) is 0. The molecule has 0 amide bonds. The first-order valence-electron chi connectivity index (χ1n) is 4.10. The number of guanidine groups is 1. The van der Waals surface area contributed by atoms with Crippen molar-refractivity contribution >= 4 is 17.7 Å². The number of nitrogens with two attached hydrogens (primary N) is 3. The van der Waals surface area contributed by atoms with Crippen molar-refractivity contribution in [1.82, 2.24) is 0 Å². The van der Waals surface area contributed by atoms with E-state index >= 15 is 0 Å². The van der Waals surface area contributed by atoms with Gasteiger partial charge in [-0.2, -0.15) is 11.8 Å². The van der Waals surface area contributed by atoms with Crippen LogP contribution in [-0.2, 0) is 0 Å². The summed E-state index contributed by atoms with van der Waals surface area (Å²) in [6.45, 7) is 1.51. The van der Waals surface area contributed by atoms with Gasteiger partial charge in [-0.05, 0) is 30.9 Å². The maximum atomic E-state index is 5.34. The predicted molar refractivity (Wildman–Crippen MR) is 56.3 cm³/mol. The molecule has 0 aliphatic rings. The van der Waals surface area contributed by atoms with Gasteiger partial charge in [0.15, 0.2) is 5.96 Å². The summed E-state index contributed by atoms with van der Waals surface area (Å²) in [6.07, 6.45) is 2.13. The van der Waals surface area contributed by atoms with E-state index in [0.717, 1.165) is 37.4 Å². The molecule has 0 aliphatic heterocycles. The van der Waals surface area contributed by atoms with Gasteiger partial charge in [0.2, 0.25) is 0 Å². The monoisotopic (exact) mass is 190 g/mol. The van der Waals surface area contributed by atoms with E-state index in [9.17, 15) is 0 Å². The van der Waals surface area contributed by atoms with Gasteiger partial charge in [0, 0.05) is 6.54 Å². The summed E-state index contributed by atoms with van der Waals surface area (Å²) >= 11 is 1.90. The highest BCUT2D eigenvalue weighted by Crippen LogP contribution is 2.03. The number of aliphatic imine (C=N–C) groups is 1. The molecule has 0 unspecified atom stereocenters. The fraction of sp³-hybridized carbons (Fsp3) is 0.857. The molecule has 0 atom stereocenters. The second kappa shape index (κ2) is 8.67. The fourth-order valence-electron chi connectivity index (χ4n) is 0.662. The average Bonchev–Trinajstić information content (AvgIpc) is 2.02. The van der Waals surface area contributed by atoms with Crippen LogP contribution in [0.2, 0.25) is 0 Å². The van der Waals surface area contributed by atoms with Crippen molar-refractivity contribution in [2.24, 2.45) is 22.2 Å². The van der Waals surface area contributed by atoms with Gasteiger partial charge in [-0.1, -0.05) is 0 Å². The van der Waals surface area contributed by atoms with E-state index in [4.69, 9.17) is 17.2 Å². The van der Waals surface area contributed by atoms with E-state index in [0.29, 0.717) is 0 Å². The van der Waals surface area contributed by atoms with Gasteiger partial charge in [0.05, 0.1) is 0 Å². The van der Waals surface area contributed by atoms with Crippen LogP contribution in [0.5, 0.6) is 0 Å². The highest BCUT2D eigenvalue weighted by atomic mass is 32.2. The normalized spacial score (nSPS) is 9.75. The van der Waals surface area contributed by atoms with E-state index < -0.39 is 0 Å². The molecule has 0 aromatic rings. The molecule has 0 aliphatic carbocycles. The molecule has 0 saturated heterocycles. The van der Waals surface area contributed by atoms with Crippen LogP contribution in [0.1, 0.15) is 12.8 Å². The maximum absolute atomic E-state index is 5.34. The highest BCUT2D eigenvalue weighted by molar-refractivity contribution is 7.99. The van der Waals surface area contributed by atoms with Crippen molar-refractivity contribution in [2.45, 2.75) is 12.8 Å². The van der Waals surface area contributed by atoms with Crippen LogP contribution in [-0.4, -0.2) is 30.6 Å². The summed E-state index contributed by atoms with van der Waals surface area (Å²) in [5.74, 6) is 2.43. The molecular weight excluding hydrogens is 172 g/mol. The topological polar surface area (TPSA) is 90.4 Å². The average molecular weight is 190 g/mol. The molecule has 72 valence electrons. The second-order valence-electron chi connectivity index (χ2n) is 2.41. The Bertz CT molecular complexity index is 123. The molecular formula is C7H18N4S. The Morgan fingerprint density at radius 1 is 1.17 bits per heavy atom. The molecule has 0 bridgehead atoms. The maximum Gasteiger partial charge on any atom is 0.185 e. The van der Waals surface area contributed by atoms with Gasteiger partial charge in [-0.25, -0.2) is 0 Å². The van der Waals surface area contributed by atoms with E-state index in [-0.39, 0.29) is 5.96 Å². The molecule has 12 heavy (non-hydrogen) atoms. The number of thioether (sulfide) groups is 1. The molecule has 0 radical (unpaired) electrons.